The molecule has 14 nitrogen and oxygen atoms in total. The lowest BCUT2D eigenvalue weighted by molar-refractivity contribution is -0.174. The summed E-state index contributed by atoms with van der Waals surface area (Å²) in [5, 5.41) is 35.0. The summed E-state index contributed by atoms with van der Waals surface area (Å²) in [6, 6.07) is 8.11. The Bertz CT molecular complexity index is 2610. The number of benzene rings is 2. The van der Waals surface area contributed by atoms with Gasteiger partial charge in [-0.05, 0) is 172 Å². The van der Waals surface area contributed by atoms with Crippen molar-refractivity contribution in [1.82, 2.24) is 9.80 Å². The highest BCUT2D eigenvalue weighted by Crippen LogP contribution is 2.68. The largest absolute Gasteiger partial charge is 0.511 e. The van der Waals surface area contributed by atoms with Gasteiger partial charge in [-0.3, -0.25) is 9.80 Å². The number of carbonyl (C=O) groups excluding carboxylic acids is 2. The maximum atomic E-state index is 12.5. The Morgan fingerprint density at radius 2 is 1.00 bits per heavy atom. The number of alkyl halides is 1. The summed E-state index contributed by atoms with van der Waals surface area (Å²) in [5.74, 6) is 3.66. The van der Waals surface area contributed by atoms with Crippen LogP contribution in [0.15, 0.2) is 48.6 Å². The molecule has 2 aromatic rings. The van der Waals surface area contributed by atoms with Gasteiger partial charge in [-0.15, -0.1) is 0 Å². The van der Waals surface area contributed by atoms with Crippen molar-refractivity contribution in [2.24, 2.45) is 11.8 Å². The number of halogens is 1. The molecule has 472 valence electrons. The van der Waals surface area contributed by atoms with Crippen LogP contribution in [0.5, 0.6) is 23.0 Å². The highest BCUT2D eigenvalue weighted by molar-refractivity contribution is 14.1. The molecule has 2 aromatic carbocycles. The first kappa shape index (κ1) is 64.2. The monoisotopic (exact) mass is 1290 g/mol. The average Bonchev–Trinajstić information content (AvgIpc) is 1.67. The summed E-state index contributed by atoms with van der Waals surface area (Å²) in [5.41, 5.74) is 4.25. The molecule has 85 heavy (non-hydrogen) atoms. The van der Waals surface area contributed by atoms with E-state index in [-0.39, 0.29) is 36.8 Å². The first-order chi connectivity index (χ1) is 41.3. The lowest BCUT2D eigenvalue weighted by Gasteiger charge is -2.63. The molecule has 4 aliphatic heterocycles. The number of aromatic hydroxyl groups is 1. The molecule has 2 saturated heterocycles. The van der Waals surface area contributed by atoms with Crippen molar-refractivity contribution < 1.29 is 58.1 Å². The van der Waals surface area contributed by atoms with Crippen LogP contribution in [0.3, 0.4) is 0 Å². The van der Waals surface area contributed by atoms with Crippen molar-refractivity contribution in [2.45, 2.75) is 266 Å². The molecule has 2 spiro atoms. The highest BCUT2D eigenvalue weighted by Gasteiger charge is 2.73. The van der Waals surface area contributed by atoms with E-state index in [9.17, 15) is 24.9 Å². The van der Waals surface area contributed by atoms with Gasteiger partial charge in [0.2, 0.25) is 6.79 Å². The lowest BCUT2D eigenvalue weighted by atomic mass is 9.48. The van der Waals surface area contributed by atoms with Gasteiger partial charge >= 0.3 is 12.3 Å². The predicted molar refractivity (Wildman–Crippen MR) is 339 cm³/mol. The molecule has 4 heterocycles. The summed E-state index contributed by atoms with van der Waals surface area (Å²) in [6.07, 6.45) is 35.2. The van der Waals surface area contributed by atoms with E-state index in [0.29, 0.717) is 35.1 Å². The number of piperidine rings is 2. The van der Waals surface area contributed by atoms with E-state index in [1.807, 2.05) is 34.7 Å². The molecule has 3 N–H and O–H groups in total. The van der Waals surface area contributed by atoms with Crippen LogP contribution in [0.1, 0.15) is 229 Å². The Morgan fingerprint density at radius 3 is 1.46 bits per heavy atom. The molecule has 12 rings (SSSR count). The van der Waals surface area contributed by atoms with Gasteiger partial charge in [-0.25, -0.2) is 9.59 Å². The Labute approximate surface area is 522 Å². The number of aliphatic hydroxyl groups is 2. The SMILES string of the molecule is C=C1CC[C@@]2(O)C3Cc4ccc(O)c5c4[C@@]2(CCN3CC2CC2)[C@H]1O5.C=C1CC[C@@]2(O)C3Cc4ccc(OCOC(=O)OCCCCCCCCCCCC)c5c4[C@@]2(CCN3CC2CC2)[C@H]1O5.CCCCCCCCCCCCOC(=O)OCI. The van der Waals surface area contributed by atoms with Crippen LogP contribution in [-0.2, 0) is 42.6 Å². The molecule has 15 heteroatoms. The number of phenols is 1. The van der Waals surface area contributed by atoms with Crippen LogP contribution < -0.4 is 14.2 Å². The molecule has 0 radical (unpaired) electrons. The van der Waals surface area contributed by atoms with Crippen molar-refractivity contribution in [3.8, 4) is 23.0 Å². The highest BCUT2D eigenvalue weighted by atomic mass is 127. The second-order valence-electron chi connectivity index (χ2n) is 27.0. The van der Waals surface area contributed by atoms with Crippen molar-refractivity contribution in [3.05, 3.63) is 70.8 Å². The van der Waals surface area contributed by atoms with E-state index in [2.05, 4.69) is 47.6 Å². The second-order valence-corrected chi connectivity index (χ2v) is 27.6. The van der Waals surface area contributed by atoms with Crippen molar-refractivity contribution in [2.75, 3.05) is 50.8 Å². The summed E-state index contributed by atoms with van der Waals surface area (Å²) in [4.78, 5) is 28.1. The third-order valence-electron chi connectivity index (χ3n) is 21.4. The Balaban J connectivity index is 0.000000158. The van der Waals surface area contributed by atoms with Gasteiger partial charge in [0.25, 0.3) is 0 Å². The first-order valence-corrected chi connectivity index (χ1v) is 35.3. The number of hydrogen-bond donors (Lipinski definition) is 3. The van der Waals surface area contributed by atoms with E-state index in [0.717, 1.165) is 137 Å². The van der Waals surface area contributed by atoms with Crippen molar-refractivity contribution in [3.63, 3.8) is 0 Å². The molecule has 0 amide bonds. The molecular weight excluding hydrogens is 1190 g/mol. The van der Waals surface area contributed by atoms with E-state index in [1.54, 1.807) is 6.07 Å². The van der Waals surface area contributed by atoms with Crippen molar-refractivity contribution >= 4 is 34.9 Å². The van der Waals surface area contributed by atoms with Gasteiger partial charge in [-0.2, -0.15) is 0 Å². The number of rotatable bonds is 30. The number of hydrogen-bond acceptors (Lipinski definition) is 14. The molecule has 10 aliphatic rings. The van der Waals surface area contributed by atoms with Gasteiger partial charge in [0, 0.05) is 36.3 Å². The standard InChI is InChI=1S/C35H51NO6.C21H25NO3.C14H27IO3/c1-3-4-5-6-7-8-9-10-11-12-21-39-33(37)41-24-40-28-16-15-27-22-29-35(38)18-17-25(2)32-34(35,30(27)31(28)42-32)19-20-36(29)23-26-13-14-26;1-12-6-7-21(24)16-10-14-4-5-15(23)18-17(14)20(21,19(12)25-18)8-9-22(16)11-13-2-3-13;1-2-3-4-5-6-7-8-9-10-11-12-17-14(16)18-13-15/h15-16,26,29,32,38H,2-14,17-24H2,1H3;4-5,13,16,19,23-24H,1-3,6-11H2;2-13H2,1H3/t29?,32-,34-,35+;16?,19-,20-,21+;/m00./s1. The molecule has 2 unspecified atom stereocenters. The molecule has 0 aromatic heterocycles. The molecule has 4 saturated carbocycles. The van der Waals surface area contributed by atoms with E-state index in [4.69, 9.17) is 28.4 Å². The zero-order valence-corrected chi connectivity index (χ0v) is 53.9. The summed E-state index contributed by atoms with van der Waals surface area (Å²) in [6.45, 7) is 18.0. The van der Waals surface area contributed by atoms with E-state index < -0.39 is 34.3 Å². The Kier molecular flexibility index (Phi) is 22.1. The fraction of sp³-hybridized carbons (Fsp3) is 0.743. The smallest absolute Gasteiger partial charge is 0.504 e. The number of unbranched alkanes of at least 4 members (excludes halogenated alkanes) is 18. The predicted octanol–water partition coefficient (Wildman–Crippen LogP) is 15.2. The van der Waals surface area contributed by atoms with Gasteiger partial charge in [-0.1, -0.05) is 155 Å². The Morgan fingerprint density at radius 1 is 0.576 bits per heavy atom. The minimum atomic E-state index is -0.849. The third kappa shape index (κ3) is 13.7. The third-order valence-corrected chi connectivity index (χ3v) is 21.7. The minimum Gasteiger partial charge on any atom is -0.504 e. The van der Waals surface area contributed by atoms with Crippen LogP contribution in [0.25, 0.3) is 0 Å². The zero-order chi connectivity index (χ0) is 59.6. The fourth-order valence-corrected chi connectivity index (χ4v) is 16.9. The summed E-state index contributed by atoms with van der Waals surface area (Å²) in [7, 11) is 0. The van der Waals surface area contributed by atoms with Gasteiger partial charge in [0.05, 0.1) is 35.2 Å². The summed E-state index contributed by atoms with van der Waals surface area (Å²) < 4.78 is 39.3. The van der Waals surface area contributed by atoms with Gasteiger partial charge in [0.1, 0.15) is 16.8 Å². The van der Waals surface area contributed by atoms with Gasteiger partial charge < -0.3 is 48.5 Å². The average molecular weight is 1290 g/mol. The number of phenolic OH excluding ortho intramolecular Hbond substituents is 1. The van der Waals surface area contributed by atoms with Crippen LogP contribution in [0.4, 0.5) is 9.59 Å². The maximum absolute atomic E-state index is 12.5. The molecule has 8 atom stereocenters. The van der Waals surface area contributed by atoms with Crippen molar-refractivity contribution in [1.29, 1.82) is 0 Å². The number of nitrogens with zero attached hydrogens (tertiary/aromatic N) is 2. The van der Waals surface area contributed by atoms with Gasteiger partial charge in [0.15, 0.2) is 23.0 Å². The van der Waals surface area contributed by atoms with Crippen LogP contribution in [-0.4, -0.2) is 124 Å². The lowest BCUT2D eigenvalue weighted by Crippen LogP contribution is -2.75. The topological polar surface area (TPSA) is 166 Å². The normalized spacial score (nSPS) is 28.8. The quantitative estimate of drug-likeness (QED) is 0.0169. The first-order valence-electron chi connectivity index (χ1n) is 33.7. The molecular formula is C70H103IN2O12. The zero-order valence-electron chi connectivity index (χ0n) is 51.8. The number of likely N-dealkylation sites (tertiary alicyclic amines) is 2. The Hall–Kier alpha value is -3.77. The summed E-state index contributed by atoms with van der Waals surface area (Å²) >= 11 is 1.97. The maximum Gasteiger partial charge on any atom is 0.511 e. The molecule has 6 fully saturated rings. The second kappa shape index (κ2) is 29.2. The van der Waals surface area contributed by atoms with Crippen LogP contribution in [0, 0.1) is 11.8 Å². The number of carbonyl (C=O) groups is 2. The molecule has 4 bridgehead atoms. The van der Waals surface area contributed by atoms with E-state index in [1.165, 1.54) is 140 Å². The fourth-order valence-electron chi connectivity index (χ4n) is 16.6. The minimum absolute atomic E-state index is 0.102. The molecule has 6 aliphatic carbocycles. The van der Waals surface area contributed by atoms with Crippen LogP contribution in [0.2, 0.25) is 0 Å². The number of ether oxygens (including phenoxy) is 7. The van der Waals surface area contributed by atoms with E-state index >= 15 is 0 Å². The van der Waals surface area contributed by atoms with Crippen LogP contribution >= 0.6 is 22.6 Å².